The molecule has 1 aliphatic carbocycles. The highest BCUT2D eigenvalue weighted by molar-refractivity contribution is 6.31. The summed E-state index contributed by atoms with van der Waals surface area (Å²) in [4.78, 5) is 41.6. The molecule has 30 heavy (non-hydrogen) atoms. The average molecular weight is 433 g/mol. The highest BCUT2D eigenvalue weighted by atomic mass is 35.5. The van der Waals surface area contributed by atoms with Crippen molar-refractivity contribution >= 4 is 29.1 Å². The van der Waals surface area contributed by atoms with E-state index in [9.17, 15) is 19.5 Å². The first-order valence-corrected chi connectivity index (χ1v) is 10.1. The third kappa shape index (κ3) is 5.25. The minimum absolute atomic E-state index is 0.0150. The van der Waals surface area contributed by atoms with Crippen molar-refractivity contribution in [3.05, 3.63) is 45.5 Å². The number of hydrogen-bond acceptors (Lipinski definition) is 5. The van der Waals surface area contributed by atoms with E-state index in [4.69, 9.17) is 11.6 Å². The molecule has 1 aromatic heterocycles. The molecule has 3 rings (SSSR count). The van der Waals surface area contributed by atoms with Crippen molar-refractivity contribution in [2.24, 2.45) is 5.92 Å². The number of aliphatic hydroxyl groups is 1. The van der Waals surface area contributed by atoms with Crippen LogP contribution in [0.5, 0.6) is 0 Å². The molecule has 0 saturated heterocycles. The van der Waals surface area contributed by atoms with Crippen LogP contribution in [0.2, 0.25) is 5.02 Å². The summed E-state index contributed by atoms with van der Waals surface area (Å²) in [5, 5.41) is 15.3. The van der Waals surface area contributed by atoms with Crippen molar-refractivity contribution in [1.29, 1.82) is 0 Å². The minimum Gasteiger partial charge on any atom is -0.394 e. The van der Waals surface area contributed by atoms with Gasteiger partial charge in [0.15, 0.2) is 0 Å². The third-order valence-electron chi connectivity index (χ3n) is 4.84. The van der Waals surface area contributed by atoms with E-state index in [1.54, 1.807) is 39.0 Å². The lowest BCUT2D eigenvalue weighted by molar-refractivity contribution is -0.123. The number of anilines is 1. The molecule has 0 spiro atoms. The van der Waals surface area contributed by atoms with Crippen LogP contribution in [0.15, 0.2) is 29.1 Å². The van der Waals surface area contributed by atoms with Gasteiger partial charge < -0.3 is 15.7 Å². The number of hydrogen-bond donors (Lipinski definition) is 3. The molecule has 8 nitrogen and oxygen atoms in total. The summed E-state index contributed by atoms with van der Waals surface area (Å²) in [7, 11) is 0. The number of halogens is 1. The first-order chi connectivity index (χ1) is 14.1. The van der Waals surface area contributed by atoms with E-state index >= 15 is 0 Å². The zero-order valence-electron chi connectivity index (χ0n) is 17.2. The maximum absolute atomic E-state index is 12.7. The number of aromatic nitrogens is 2. The molecule has 0 unspecified atom stereocenters. The maximum atomic E-state index is 12.7. The number of aryl methyl sites for hydroxylation is 1. The molecule has 2 aromatic rings. The molecule has 2 amide bonds. The second-order valence-corrected chi connectivity index (χ2v) is 8.59. The van der Waals surface area contributed by atoms with E-state index in [0.29, 0.717) is 27.8 Å². The Kier molecular flexibility index (Phi) is 6.28. The van der Waals surface area contributed by atoms with Crippen molar-refractivity contribution in [3.63, 3.8) is 0 Å². The lowest BCUT2D eigenvalue weighted by Crippen LogP contribution is -2.48. The van der Waals surface area contributed by atoms with Crippen molar-refractivity contribution in [2.45, 2.75) is 45.7 Å². The monoisotopic (exact) mass is 432 g/mol. The highest BCUT2D eigenvalue weighted by Gasteiger charge is 2.30. The molecule has 1 aromatic carbocycles. The van der Waals surface area contributed by atoms with Gasteiger partial charge in [-0.3, -0.25) is 19.0 Å². The third-order valence-corrected chi connectivity index (χ3v) is 5.07. The first-order valence-electron chi connectivity index (χ1n) is 9.71. The zero-order valence-corrected chi connectivity index (χ0v) is 17.9. The summed E-state index contributed by atoms with van der Waals surface area (Å²) in [6.45, 7) is 4.55. The second kappa shape index (κ2) is 8.57. The van der Waals surface area contributed by atoms with Gasteiger partial charge in [0.2, 0.25) is 11.8 Å². The van der Waals surface area contributed by atoms with Crippen LogP contribution in [0.25, 0.3) is 11.3 Å². The van der Waals surface area contributed by atoms with Gasteiger partial charge >= 0.3 is 0 Å². The normalized spacial score (nSPS) is 13.8. The van der Waals surface area contributed by atoms with Gasteiger partial charge in [-0.2, -0.15) is 0 Å². The molecule has 0 atom stereocenters. The predicted molar refractivity (Wildman–Crippen MR) is 114 cm³/mol. The van der Waals surface area contributed by atoms with Crippen molar-refractivity contribution in [1.82, 2.24) is 14.9 Å². The van der Waals surface area contributed by atoms with E-state index in [1.165, 1.54) is 10.6 Å². The Labute approximate surface area is 179 Å². The van der Waals surface area contributed by atoms with Gasteiger partial charge in [0, 0.05) is 22.6 Å². The number of aliphatic hydroxyl groups excluding tert-OH is 1. The fourth-order valence-electron chi connectivity index (χ4n) is 2.98. The number of rotatable bonds is 7. The first kappa shape index (κ1) is 22.0. The summed E-state index contributed by atoms with van der Waals surface area (Å²) >= 11 is 6.09. The fourth-order valence-corrected chi connectivity index (χ4v) is 3.15. The lowest BCUT2D eigenvalue weighted by atomic mass is 10.1. The Morgan fingerprint density at radius 1 is 1.30 bits per heavy atom. The SMILES string of the molecule is Cc1nc(-c2ccc(Cl)cc2NC(=O)C2CC2)cc(=O)n1CC(=O)NC(C)(C)CO. The Morgan fingerprint density at radius 2 is 2.00 bits per heavy atom. The molecular formula is C21H25ClN4O4. The molecule has 1 saturated carbocycles. The molecule has 0 radical (unpaired) electrons. The second-order valence-electron chi connectivity index (χ2n) is 8.16. The Bertz CT molecular complexity index is 1040. The topological polar surface area (TPSA) is 113 Å². The standard InChI is InChI=1S/C21H25ClN4O4/c1-12-23-17(9-19(29)26(12)10-18(28)25-21(2,3)11-27)15-7-6-14(22)8-16(15)24-20(30)13-4-5-13/h6-9,13,27H,4-5,10-11H2,1-3H3,(H,24,30)(H,25,28). The fraction of sp³-hybridized carbons (Fsp3) is 0.429. The molecule has 3 N–H and O–H groups in total. The highest BCUT2D eigenvalue weighted by Crippen LogP contribution is 2.33. The molecule has 1 fully saturated rings. The van der Waals surface area contributed by atoms with Gasteiger partial charge in [-0.1, -0.05) is 11.6 Å². The van der Waals surface area contributed by atoms with Gasteiger partial charge in [-0.15, -0.1) is 0 Å². The smallest absolute Gasteiger partial charge is 0.254 e. The van der Waals surface area contributed by atoms with Crippen LogP contribution in [0, 0.1) is 12.8 Å². The van der Waals surface area contributed by atoms with Crippen molar-refractivity contribution in [2.75, 3.05) is 11.9 Å². The molecule has 160 valence electrons. The molecule has 1 heterocycles. The molecular weight excluding hydrogens is 408 g/mol. The molecule has 0 aliphatic heterocycles. The molecule has 0 bridgehead atoms. The Balaban J connectivity index is 1.89. The minimum atomic E-state index is -0.792. The van der Waals surface area contributed by atoms with E-state index in [0.717, 1.165) is 12.8 Å². The molecule has 1 aliphatic rings. The summed E-state index contributed by atoms with van der Waals surface area (Å²) in [5.74, 6) is -0.116. The average Bonchev–Trinajstić information content (AvgIpc) is 3.49. The number of amides is 2. The number of benzene rings is 1. The lowest BCUT2D eigenvalue weighted by Gasteiger charge is -2.24. The quantitative estimate of drug-likeness (QED) is 0.620. The van der Waals surface area contributed by atoms with E-state index < -0.39 is 17.0 Å². The van der Waals surface area contributed by atoms with Crippen LogP contribution in [0.1, 0.15) is 32.5 Å². The van der Waals surface area contributed by atoms with Crippen LogP contribution in [0.4, 0.5) is 5.69 Å². The summed E-state index contributed by atoms with van der Waals surface area (Å²) in [5.41, 5.74) is 0.258. The van der Waals surface area contributed by atoms with Gasteiger partial charge in [-0.25, -0.2) is 4.98 Å². The number of nitrogens with one attached hydrogen (secondary N) is 2. The van der Waals surface area contributed by atoms with Gasteiger partial charge in [0.25, 0.3) is 5.56 Å². The van der Waals surface area contributed by atoms with Crippen molar-refractivity contribution in [3.8, 4) is 11.3 Å². The predicted octanol–water partition coefficient (Wildman–Crippen LogP) is 2.11. The van der Waals surface area contributed by atoms with Crippen LogP contribution >= 0.6 is 11.6 Å². The van der Waals surface area contributed by atoms with Gasteiger partial charge in [0.1, 0.15) is 12.4 Å². The number of carbonyl (C=O) groups is 2. The van der Waals surface area contributed by atoms with Crippen LogP contribution < -0.4 is 16.2 Å². The van der Waals surface area contributed by atoms with Gasteiger partial charge in [-0.05, 0) is 51.8 Å². The summed E-state index contributed by atoms with van der Waals surface area (Å²) in [6, 6.07) is 6.32. The van der Waals surface area contributed by atoms with E-state index in [1.807, 2.05) is 0 Å². The summed E-state index contributed by atoms with van der Waals surface area (Å²) < 4.78 is 1.25. The van der Waals surface area contributed by atoms with E-state index in [2.05, 4.69) is 15.6 Å². The number of carbonyl (C=O) groups excluding carboxylic acids is 2. The van der Waals surface area contributed by atoms with Crippen LogP contribution in [0.3, 0.4) is 0 Å². The molecule has 9 heteroatoms. The Morgan fingerprint density at radius 3 is 2.60 bits per heavy atom. The summed E-state index contributed by atoms with van der Waals surface area (Å²) in [6.07, 6.45) is 1.73. The van der Waals surface area contributed by atoms with E-state index in [-0.39, 0.29) is 25.0 Å². The zero-order chi connectivity index (χ0) is 22.1. The van der Waals surface area contributed by atoms with Crippen molar-refractivity contribution < 1.29 is 14.7 Å². The Hall–Kier alpha value is -2.71. The maximum Gasteiger partial charge on any atom is 0.254 e. The van der Waals surface area contributed by atoms with Crippen LogP contribution in [-0.4, -0.2) is 38.6 Å². The van der Waals surface area contributed by atoms with Gasteiger partial charge in [0.05, 0.1) is 23.5 Å². The largest absolute Gasteiger partial charge is 0.394 e. The van der Waals surface area contributed by atoms with Crippen LogP contribution in [-0.2, 0) is 16.1 Å². The number of nitrogens with zero attached hydrogens (tertiary/aromatic N) is 2.